The van der Waals surface area contributed by atoms with Crippen molar-refractivity contribution in [2.24, 2.45) is 11.3 Å². The van der Waals surface area contributed by atoms with Gasteiger partial charge < -0.3 is 15.2 Å². The molecule has 0 aliphatic heterocycles. The minimum atomic E-state index is -0.383. The number of rotatable bonds is 5. The van der Waals surface area contributed by atoms with E-state index in [2.05, 4.69) is 5.32 Å². The summed E-state index contributed by atoms with van der Waals surface area (Å²) in [5.41, 5.74) is -0.215. The summed E-state index contributed by atoms with van der Waals surface area (Å²) in [6, 6.07) is 0.498. The molecule has 0 aromatic carbocycles. The summed E-state index contributed by atoms with van der Waals surface area (Å²) < 4.78 is 5.46. The molecule has 0 aromatic rings. The molecule has 0 spiro atoms. The molecule has 0 bridgehead atoms. The molecule has 0 aromatic heterocycles. The number of esters is 1. The van der Waals surface area contributed by atoms with Gasteiger partial charge in [0.1, 0.15) is 5.60 Å². The van der Waals surface area contributed by atoms with Gasteiger partial charge in [0, 0.05) is 24.6 Å². The number of ether oxygens (including phenoxy) is 1. The van der Waals surface area contributed by atoms with E-state index in [4.69, 9.17) is 4.74 Å². The Morgan fingerprint density at radius 3 is 2.30 bits per heavy atom. The lowest BCUT2D eigenvalue weighted by Gasteiger charge is -2.31. The maximum atomic E-state index is 12.0. The highest BCUT2D eigenvalue weighted by molar-refractivity contribution is 5.73. The molecule has 0 unspecified atom stereocenters. The summed E-state index contributed by atoms with van der Waals surface area (Å²) in [7, 11) is 0. The Bertz CT molecular complexity index is 336. The first-order chi connectivity index (χ1) is 9.34. The molecule has 4 heteroatoms. The zero-order valence-electron chi connectivity index (χ0n) is 13.1. The Kier molecular flexibility index (Phi) is 4.75. The highest BCUT2D eigenvalue weighted by Gasteiger charge is 2.42. The van der Waals surface area contributed by atoms with Gasteiger partial charge in [-0.1, -0.05) is 0 Å². The summed E-state index contributed by atoms with van der Waals surface area (Å²) in [5, 5.41) is 12.9. The molecule has 0 amide bonds. The van der Waals surface area contributed by atoms with Crippen molar-refractivity contribution in [2.45, 2.75) is 70.9 Å². The number of aliphatic hydroxyl groups is 1. The van der Waals surface area contributed by atoms with Gasteiger partial charge in [0.15, 0.2) is 0 Å². The number of aliphatic hydroxyl groups excluding tert-OH is 1. The number of nitrogens with one attached hydrogen (secondary N) is 1. The maximum Gasteiger partial charge on any atom is 0.309 e. The van der Waals surface area contributed by atoms with Gasteiger partial charge in [-0.05, 0) is 59.3 Å². The quantitative estimate of drug-likeness (QED) is 0.760. The Balaban J connectivity index is 1.68. The van der Waals surface area contributed by atoms with Crippen molar-refractivity contribution >= 4 is 5.97 Å². The molecule has 0 radical (unpaired) electrons. The van der Waals surface area contributed by atoms with Crippen molar-refractivity contribution in [3.8, 4) is 0 Å². The molecule has 20 heavy (non-hydrogen) atoms. The van der Waals surface area contributed by atoms with Crippen molar-refractivity contribution in [2.75, 3.05) is 13.2 Å². The summed E-state index contributed by atoms with van der Waals surface area (Å²) in [6.07, 6.45) is 6.18. The molecule has 0 heterocycles. The first-order valence-corrected chi connectivity index (χ1v) is 7.91. The van der Waals surface area contributed by atoms with Crippen molar-refractivity contribution in [3.05, 3.63) is 0 Å². The molecule has 116 valence electrons. The van der Waals surface area contributed by atoms with E-state index >= 15 is 0 Å². The van der Waals surface area contributed by atoms with Gasteiger partial charge in [0.25, 0.3) is 0 Å². The fraction of sp³-hybridized carbons (Fsp3) is 0.938. The number of hydrogen-bond donors (Lipinski definition) is 2. The smallest absolute Gasteiger partial charge is 0.309 e. The molecule has 2 aliphatic rings. The SMILES string of the molecule is CC(C)(C)OC(=O)C1CCC(NCC2(CO)CC2)CC1. The number of carbonyl (C=O) groups excluding carboxylic acids is 1. The van der Waals surface area contributed by atoms with Crippen LogP contribution in [0.1, 0.15) is 59.3 Å². The van der Waals surface area contributed by atoms with Crippen LogP contribution in [0.4, 0.5) is 0 Å². The Labute approximate surface area is 122 Å². The monoisotopic (exact) mass is 283 g/mol. The van der Waals surface area contributed by atoms with E-state index in [1.807, 2.05) is 20.8 Å². The molecule has 0 atom stereocenters. The Hall–Kier alpha value is -0.610. The lowest BCUT2D eigenvalue weighted by molar-refractivity contribution is -0.161. The number of hydrogen-bond acceptors (Lipinski definition) is 4. The van der Waals surface area contributed by atoms with Gasteiger partial charge in [-0.25, -0.2) is 0 Å². The van der Waals surface area contributed by atoms with Gasteiger partial charge in [-0.3, -0.25) is 4.79 Å². The van der Waals surface area contributed by atoms with E-state index < -0.39 is 0 Å². The third kappa shape index (κ3) is 4.45. The van der Waals surface area contributed by atoms with E-state index in [9.17, 15) is 9.90 Å². The van der Waals surface area contributed by atoms with Crippen LogP contribution in [0.15, 0.2) is 0 Å². The van der Waals surface area contributed by atoms with E-state index in [1.54, 1.807) is 0 Å². The van der Waals surface area contributed by atoms with Gasteiger partial charge in [0.2, 0.25) is 0 Å². The summed E-state index contributed by atoms with van der Waals surface area (Å²) >= 11 is 0. The molecule has 0 saturated heterocycles. The lowest BCUT2D eigenvalue weighted by Crippen LogP contribution is -2.39. The molecule has 2 rings (SSSR count). The van der Waals surface area contributed by atoms with E-state index in [0.29, 0.717) is 12.6 Å². The molecule has 2 aliphatic carbocycles. The zero-order valence-corrected chi connectivity index (χ0v) is 13.1. The maximum absolute atomic E-state index is 12.0. The fourth-order valence-corrected chi connectivity index (χ4v) is 2.85. The average Bonchev–Trinajstić information content (AvgIpc) is 3.16. The first kappa shape index (κ1) is 15.8. The van der Waals surface area contributed by atoms with E-state index in [0.717, 1.165) is 45.1 Å². The van der Waals surface area contributed by atoms with Crippen LogP contribution in [0.2, 0.25) is 0 Å². The standard InChI is InChI=1S/C16H29NO3/c1-15(2,3)20-14(19)12-4-6-13(7-5-12)17-10-16(11-18)8-9-16/h12-13,17-18H,4-11H2,1-3H3. The van der Waals surface area contributed by atoms with Crippen LogP contribution in [0.3, 0.4) is 0 Å². The summed E-state index contributed by atoms with van der Waals surface area (Å²) in [4.78, 5) is 12.0. The highest BCUT2D eigenvalue weighted by atomic mass is 16.6. The van der Waals surface area contributed by atoms with Crippen molar-refractivity contribution in [1.29, 1.82) is 0 Å². The van der Waals surface area contributed by atoms with Crippen molar-refractivity contribution in [3.63, 3.8) is 0 Å². The Morgan fingerprint density at radius 2 is 1.85 bits per heavy atom. The van der Waals surface area contributed by atoms with Crippen LogP contribution >= 0.6 is 0 Å². The Morgan fingerprint density at radius 1 is 1.25 bits per heavy atom. The normalized spacial score (nSPS) is 29.0. The third-order valence-corrected chi connectivity index (χ3v) is 4.53. The molecule has 2 N–H and O–H groups in total. The number of carbonyl (C=O) groups is 1. The minimum absolute atomic E-state index is 0.0371. The van der Waals surface area contributed by atoms with E-state index in [-0.39, 0.29) is 22.9 Å². The predicted octanol–water partition coefficient (Wildman–Crippen LogP) is 2.25. The van der Waals surface area contributed by atoms with Gasteiger partial charge in [-0.15, -0.1) is 0 Å². The second kappa shape index (κ2) is 6.02. The molecule has 2 saturated carbocycles. The minimum Gasteiger partial charge on any atom is -0.460 e. The zero-order chi connectivity index (χ0) is 14.8. The predicted molar refractivity (Wildman–Crippen MR) is 78.3 cm³/mol. The van der Waals surface area contributed by atoms with Crippen molar-refractivity contribution < 1.29 is 14.6 Å². The first-order valence-electron chi connectivity index (χ1n) is 7.91. The van der Waals surface area contributed by atoms with Crippen LogP contribution in [-0.4, -0.2) is 35.9 Å². The van der Waals surface area contributed by atoms with Crippen molar-refractivity contribution in [1.82, 2.24) is 5.32 Å². The summed E-state index contributed by atoms with van der Waals surface area (Å²) in [6.45, 7) is 6.98. The van der Waals surface area contributed by atoms with E-state index in [1.165, 1.54) is 0 Å². The second-order valence-electron chi connectivity index (χ2n) is 7.62. The van der Waals surface area contributed by atoms with Gasteiger partial charge in [0.05, 0.1) is 5.92 Å². The third-order valence-electron chi connectivity index (χ3n) is 4.53. The van der Waals surface area contributed by atoms with Crippen LogP contribution in [0.5, 0.6) is 0 Å². The molecule has 4 nitrogen and oxygen atoms in total. The highest BCUT2D eigenvalue weighted by Crippen LogP contribution is 2.44. The van der Waals surface area contributed by atoms with Crippen LogP contribution < -0.4 is 5.32 Å². The molecular formula is C16H29NO3. The van der Waals surface area contributed by atoms with Crippen LogP contribution in [0, 0.1) is 11.3 Å². The van der Waals surface area contributed by atoms with Gasteiger partial charge >= 0.3 is 5.97 Å². The largest absolute Gasteiger partial charge is 0.460 e. The summed E-state index contributed by atoms with van der Waals surface area (Å²) in [5.74, 6) is 0.0324. The fourth-order valence-electron chi connectivity index (χ4n) is 2.85. The van der Waals surface area contributed by atoms with Crippen LogP contribution in [0.25, 0.3) is 0 Å². The second-order valence-corrected chi connectivity index (χ2v) is 7.62. The topological polar surface area (TPSA) is 58.6 Å². The lowest BCUT2D eigenvalue weighted by atomic mass is 9.85. The molecule has 2 fully saturated rings. The van der Waals surface area contributed by atoms with Crippen LogP contribution in [-0.2, 0) is 9.53 Å². The average molecular weight is 283 g/mol. The van der Waals surface area contributed by atoms with Gasteiger partial charge in [-0.2, -0.15) is 0 Å². The molecular weight excluding hydrogens is 254 g/mol.